The van der Waals surface area contributed by atoms with E-state index >= 15 is 0 Å². The third-order valence-corrected chi connectivity index (χ3v) is 6.43. The van der Waals surface area contributed by atoms with E-state index in [1.54, 1.807) is 0 Å². The lowest BCUT2D eigenvalue weighted by atomic mass is 9.81. The number of hydrogen-bond donors (Lipinski definition) is 2. The van der Waals surface area contributed by atoms with Crippen LogP contribution >= 0.6 is 0 Å². The van der Waals surface area contributed by atoms with Crippen molar-refractivity contribution in [2.75, 3.05) is 6.61 Å². The van der Waals surface area contributed by atoms with Crippen LogP contribution in [0.2, 0.25) is 0 Å². The van der Waals surface area contributed by atoms with Crippen molar-refractivity contribution in [2.45, 2.75) is 57.3 Å². The average Bonchev–Trinajstić information content (AvgIpc) is 3.13. The van der Waals surface area contributed by atoms with Crippen molar-refractivity contribution in [1.29, 1.82) is 0 Å². The minimum atomic E-state index is -1.09. The number of carboxylic acid groups (broad SMARTS) is 1. The van der Waals surface area contributed by atoms with Crippen molar-refractivity contribution >= 4 is 12.1 Å². The summed E-state index contributed by atoms with van der Waals surface area (Å²) in [4.78, 5) is 24.6. The smallest absolute Gasteiger partial charge is 0.407 e. The Bertz CT molecular complexity index is 967. The molecule has 2 atom stereocenters. The molecule has 2 aromatic carbocycles. The fraction of sp³-hybridized carbons (Fsp3) is 0.440. The maximum atomic E-state index is 12.6. The van der Waals surface area contributed by atoms with E-state index in [9.17, 15) is 14.7 Å². The summed E-state index contributed by atoms with van der Waals surface area (Å²) >= 11 is 0. The largest absolute Gasteiger partial charge is 0.480 e. The Morgan fingerprint density at radius 3 is 2.10 bits per heavy atom. The van der Waals surface area contributed by atoms with E-state index in [0.717, 1.165) is 22.3 Å². The molecule has 0 aromatic heterocycles. The molecule has 2 N–H and O–H groups in total. The van der Waals surface area contributed by atoms with Gasteiger partial charge in [-0.05, 0) is 56.4 Å². The van der Waals surface area contributed by atoms with Crippen LogP contribution in [0.15, 0.2) is 48.5 Å². The fourth-order valence-corrected chi connectivity index (χ4v) is 5.23. The van der Waals surface area contributed by atoms with Crippen molar-refractivity contribution in [3.63, 3.8) is 0 Å². The third-order valence-electron chi connectivity index (χ3n) is 6.43. The summed E-state index contributed by atoms with van der Waals surface area (Å²) in [6, 6.07) is 15.1. The molecule has 6 heteroatoms. The van der Waals surface area contributed by atoms with Gasteiger partial charge in [0.05, 0.1) is 11.2 Å². The molecule has 0 bridgehead atoms. The minimum absolute atomic E-state index is 0.0772. The van der Waals surface area contributed by atoms with Gasteiger partial charge in [0.1, 0.15) is 12.6 Å². The Kier molecular flexibility index (Phi) is 5.30. The van der Waals surface area contributed by atoms with Gasteiger partial charge in [-0.1, -0.05) is 48.5 Å². The SMILES string of the molecule is CC1(C)CC(C(NC(=O)OCC2c3ccccc3-c3ccccc32)C(=O)O)C(C)(C)O1. The number of ether oxygens (including phenoxy) is 2. The number of carbonyl (C=O) groups excluding carboxylic acids is 1. The first-order valence-corrected chi connectivity index (χ1v) is 10.6. The highest BCUT2D eigenvalue weighted by molar-refractivity contribution is 5.81. The van der Waals surface area contributed by atoms with Gasteiger partial charge in [0.25, 0.3) is 0 Å². The zero-order chi connectivity index (χ0) is 22.4. The molecule has 0 radical (unpaired) electrons. The van der Waals surface area contributed by atoms with E-state index in [0.29, 0.717) is 6.42 Å². The first-order valence-electron chi connectivity index (χ1n) is 10.6. The van der Waals surface area contributed by atoms with Crippen LogP contribution < -0.4 is 5.32 Å². The molecule has 6 nitrogen and oxygen atoms in total. The van der Waals surface area contributed by atoms with Crippen molar-refractivity contribution < 1.29 is 24.2 Å². The topological polar surface area (TPSA) is 84.9 Å². The van der Waals surface area contributed by atoms with E-state index in [-0.39, 0.29) is 18.4 Å². The fourth-order valence-electron chi connectivity index (χ4n) is 5.23. The Hall–Kier alpha value is -2.86. The Labute approximate surface area is 182 Å². The van der Waals surface area contributed by atoms with Gasteiger partial charge in [0.2, 0.25) is 0 Å². The number of carbonyl (C=O) groups is 2. The quantitative estimate of drug-likeness (QED) is 0.736. The van der Waals surface area contributed by atoms with Crippen LogP contribution in [0, 0.1) is 5.92 Å². The number of carboxylic acids is 1. The van der Waals surface area contributed by atoms with Gasteiger partial charge in [-0.25, -0.2) is 9.59 Å². The van der Waals surface area contributed by atoms with Crippen LogP contribution in [-0.4, -0.2) is 41.0 Å². The molecule has 2 unspecified atom stereocenters. The van der Waals surface area contributed by atoms with E-state index in [1.807, 2.05) is 64.1 Å². The zero-order valence-electron chi connectivity index (χ0n) is 18.3. The molecule has 31 heavy (non-hydrogen) atoms. The minimum Gasteiger partial charge on any atom is -0.480 e. The lowest BCUT2D eigenvalue weighted by molar-refractivity contribution is -0.143. The summed E-state index contributed by atoms with van der Waals surface area (Å²) < 4.78 is 11.6. The molecule has 1 amide bonds. The molecule has 4 rings (SSSR count). The first kappa shape index (κ1) is 21.4. The van der Waals surface area contributed by atoms with Crippen LogP contribution in [0.1, 0.15) is 51.2 Å². The van der Waals surface area contributed by atoms with Crippen LogP contribution in [0.4, 0.5) is 4.79 Å². The number of fused-ring (bicyclic) bond motifs is 3. The summed E-state index contributed by atoms with van der Waals surface area (Å²) in [5, 5.41) is 12.4. The predicted molar refractivity (Wildman–Crippen MR) is 117 cm³/mol. The third kappa shape index (κ3) is 4.04. The summed E-state index contributed by atoms with van der Waals surface area (Å²) in [5.41, 5.74) is 3.37. The van der Waals surface area contributed by atoms with Gasteiger partial charge in [0.15, 0.2) is 0 Å². The maximum absolute atomic E-state index is 12.6. The molecular weight excluding hydrogens is 394 g/mol. The van der Waals surface area contributed by atoms with Gasteiger partial charge < -0.3 is 19.9 Å². The number of rotatable bonds is 5. The summed E-state index contributed by atoms with van der Waals surface area (Å²) in [5.74, 6) is -1.54. The van der Waals surface area contributed by atoms with Gasteiger partial charge >= 0.3 is 12.1 Å². The monoisotopic (exact) mass is 423 g/mol. The molecular formula is C25H29NO5. The lowest BCUT2D eigenvalue weighted by Crippen LogP contribution is -2.51. The Balaban J connectivity index is 1.47. The summed E-state index contributed by atoms with van der Waals surface area (Å²) in [6.07, 6.45) is -0.199. The van der Waals surface area contributed by atoms with Crippen molar-refractivity contribution in [3.05, 3.63) is 59.7 Å². The number of hydrogen-bond acceptors (Lipinski definition) is 4. The molecule has 0 saturated carbocycles. The lowest BCUT2D eigenvalue weighted by Gasteiger charge is -2.31. The summed E-state index contributed by atoms with van der Waals surface area (Å²) in [7, 11) is 0. The average molecular weight is 424 g/mol. The predicted octanol–water partition coefficient (Wildman–Crippen LogP) is 4.57. The van der Waals surface area contributed by atoms with Crippen molar-refractivity contribution in [1.82, 2.24) is 5.32 Å². The number of aliphatic carboxylic acids is 1. The van der Waals surface area contributed by atoms with Crippen LogP contribution in [-0.2, 0) is 14.3 Å². The molecule has 164 valence electrons. The van der Waals surface area contributed by atoms with Crippen LogP contribution in [0.5, 0.6) is 0 Å². The second-order valence-electron chi connectivity index (χ2n) is 9.56. The molecule has 1 heterocycles. The van der Waals surface area contributed by atoms with Crippen LogP contribution in [0.3, 0.4) is 0 Å². The molecule has 1 fully saturated rings. The zero-order valence-corrected chi connectivity index (χ0v) is 18.3. The highest BCUT2D eigenvalue weighted by Crippen LogP contribution is 2.45. The summed E-state index contributed by atoms with van der Waals surface area (Å²) in [6.45, 7) is 7.73. The molecule has 2 aliphatic rings. The Morgan fingerprint density at radius 1 is 1.06 bits per heavy atom. The first-order chi connectivity index (χ1) is 14.6. The molecule has 0 spiro atoms. The standard InChI is InChI=1S/C25H29NO5/c1-24(2)13-20(25(3,4)31-24)21(22(27)28)26-23(29)30-14-19-17-11-7-5-9-15(17)16-10-6-8-12-18(16)19/h5-12,19-21H,13-14H2,1-4H3,(H,26,29)(H,27,28). The number of amides is 1. The van der Waals surface area contributed by atoms with Gasteiger partial charge in [-0.2, -0.15) is 0 Å². The molecule has 1 aliphatic carbocycles. The van der Waals surface area contributed by atoms with Crippen LogP contribution in [0.25, 0.3) is 11.1 Å². The highest BCUT2D eigenvalue weighted by Gasteiger charge is 2.51. The second kappa shape index (κ2) is 7.68. The number of nitrogens with one attached hydrogen (secondary N) is 1. The maximum Gasteiger partial charge on any atom is 0.407 e. The highest BCUT2D eigenvalue weighted by atomic mass is 16.6. The van der Waals surface area contributed by atoms with Crippen molar-refractivity contribution in [2.24, 2.45) is 5.92 Å². The molecule has 2 aromatic rings. The number of alkyl carbamates (subject to hydrolysis) is 1. The second-order valence-corrected chi connectivity index (χ2v) is 9.56. The molecule has 1 saturated heterocycles. The van der Waals surface area contributed by atoms with E-state index in [1.165, 1.54) is 0 Å². The van der Waals surface area contributed by atoms with Crippen molar-refractivity contribution in [3.8, 4) is 11.1 Å². The van der Waals surface area contributed by atoms with E-state index in [4.69, 9.17) is 9.47 Å². The van der Waals surface area contributed by atoms with Gasteiger partial charge in [-0.3, -0.25) is 0 Å². The van der Waals surface area contributed by atoms with E-state index in [2.05, 4.69) is 17.4 Å². The molecule has 1 aliphatic heterocycles. The normalized spacial score (nSPS) is 21.7. The van der Waals surface area contributed by atoms with Gasteiger partial charge in [0, 0.05) is 11.8 Å². The number of benzene rings is 2. The van der Waals surface area contributed by atoms with Gasteiger partial charge in [-0.15, -0.1) is 0 Å². The van der Waals surface area contributed by atoms with E-state index < -0.39 is 29.3 Å². The Morgan fingerprint density at radius 2 is 1.61 bits per heavy atom.